The van der Waals surface area contributed by atoms with Crippen molar-refractivity contribution < 1.29 is 4.79 Å². The Hall–Kier alpha value is -1.92. The number of aromatic nitrogens is 1. The zero-order valence-corrected chi connectivity index (χ0v) is 12.3. The summed E-state index contributed by atoms with van der Waals surface area (Å²) >= 11 is 2.77. The van der Waals surface area contributed by atoms with Crippen LogP contribution in [0.25, 0.3) is 6.08 Å². The fourth-order valence-electron chi connectivity index (χ4n) is 1.65. The monoisotopic (exact) mass is 301 g/mol. The molecule has 2 aromatic rings. The first-order chi connectivity index (χ1) is 9.70. The lowest BCUT2D eigenvalue weighted by molar-refractivity contribution is -0.115. The number of nitrogens with zero attached hydrogens (tertiary/aromatic N) is 2. The van der Waals surface area contributed by atoms with Gasteiger partial charge in [-0.05, 0) is 30.3 Å². The van der Waals surface area contributed by atoms with E-state index < -0.39 is 0 Å². The van der Waals surface area contributed by atoms with Crippen LogP contribution < -0.4 is 5.32 Å². The molecule has 0 bridgehead atoms. The molecule has 1 aliphatic heterocycles. The van der Waals surface area contributed by atoms with Gasteiger partial charge in [-0.25, -0.2) is 4.98 Å². The number of amides is 1. The quantitative estimate of drug-likeness (QED) is 0.866. The molecule has 20 heavy (non-hydrogen) atoms. The van der Waals surface area contributed by atoms with Crippen molar-refractivity contribution >= 4 is 45.4 Å². The van der Waals surface area contributed by atoms with Crippen LogP contribution in [0, 0.1) is 6.92 Å². The van der Waals surface area contributed by atoms with Crippen molar-refractivity contribution in [3.63, 3.8) is 0 Å². The first-order valence-electron chi connectivity index (χ1n) is 5.96. The molecule has 1 fully saturated rings. The average molecular weight is 301 g/mol. The number of carbonyl (C=O) groups is 1. The summed E-state index contributed by atoms with van der Waals surface area (Å²) in [7, 11) is 0. The Morgan fingerprint density at radius 1 is 1.30 bits per heavy atom. The smallest absolute Gasteiger partial charge is 0.264 e. The van der Waals surface area contributed by atoms with Gasteiger partial charge in [-0.15, -0.1) is 11.3 Å². The van der Waals surface area contributed by atoms with Crippen LogP contribution in [-0.4, -0.2) is 16.1 Å². The van der Waals surface area contributed by atoms with E-state index in [0.717, 1.165) is 5.56 Å². The number of carbonyl (C=O) groups excluding carboxylic acids is 1. The largest absolute Gasteiger partial charge is 0.300 e. The third-order valence-electron chi connectivity index (χ3n) is 2.64. The zero-order valence-electron chi connectivity index (χ0n) is 10.7. The van der Waals surface area contributed by atoms with Crippen molar-refractivity contribution in [1.82, 2.24) is 10.3 Å². The fraction of sp³-hybridized carbons (Fsp3) is 0.0714. The van der Waals surface area contributed by atoms with Crippen LogP contribution in [0.3, 0.4) is 0 Å². The molecule has 1 amide bonds. The predicted molar refractivity (Wildman–Crippen MR) is 84.1 cm³/mol. The van der Waals surface area contributed by atoms with Crippen LogP contribution in [0.4, 0.5) is 5.13 Å². The second-order valence-electron chi connectivity index (χ2n) is 4.21. The number of benzene rings is 1. The maximum absolute atomic E-state index is 11.9. The van der Waals surface area contributed by atoms with Gasteiger partial charge in [-0.1, -0.05) is 29.8 Å². The molecule has 0 radical (unpaired) electrons. The van der Waals surface area contributed by atoms with E-state index in [-0.39, 0.29) is 5.91 Å². The number of rotatable bonds is 2. The van der Waals surface area contributed by atoms with Gasteiger partial charge >= 0.3 is 0 Å². The molecule has 0 spiro atoms. The van der Waals surface area contributed by atoms with Gasteiger partial charge in [0.2, 0.25) is 5.13 Å². The second-order valence-corrected chi connectivity index (χ2v) is 6.11. The number of thiazole rings is 1. The van der Waals surface area contributed by atoms with Crippen LogP contribution in [0.5, 0.6) is 0 Å². The number of hydrogen-bond donors (Lipinski definition) is 1. The maximum atomic E-state index is 11.9. The molecule has 6 heteroatoms. The van der Waals surface area contributed by atoms with Crippen molar-refractivity contribution in [2.75, 3.05) is 0 Å². The number of aryl methyl sites for hydroxylation is 1. The molecule has 100 valence electrons. The van der Waals surface area contributed by atoms with Crippen molar-refractivity contribution in [3.8, 4) is 0 Å². The van der Waals surface area contributed by atoms with Gasteiger partial charge in [-0.2, -0.15) is 4.99 Å². The van der Waals surface area contributed by atoms with E-state index in [9.17, 15) is 4.79 Å². The number of hydrogen-bond acceptors (Lipinski definition) is 5. The van der Waals surface area contributed by atoms with E-state index >= 15 is 0 Å². The van der Waals surface area contributed by atoms with E-state index in [4.69, 9.17) is 0 Å². The molecule has 3 rings (SSSR count). The molecule has 0 aliphatic carbocycles. The SMILES string of the molecule is Cc1ccc(/C=C2\SC(=Nc3nccs3)NC2=O)cc1. The molecule has 2 heterocycles. The lowest BCUT2D eigenvalue weighted by atomic mass is 10.1. The highest BCUT2D eigenvalue weighted by Gasteiger charge is 2.23. The van der Waals surface area contributed by atoms with Crippen molar-refractivity contribution in [3.05, 3.63) is 51.9 Å². The third-order valence-corrected chi connectivity index (χ3v) is 4.22. The Labute approximate surface area is 124 Å². The van der Waals surface area contributed by atoms with Gasteiger partial charge in [0, 0.05) is 11.6 Å². The van der Waals surface area contributed by atoms with E-state index in [1.807, 2.05) is 42.6 Å². The van der Waals surface area contributed by atoms with Crippen LogP contribution in [0.1, 0.15) is 11.1 Å². The lowest BCUT2D eigenvalue weighted by Crippen LogP contribution is -2.19. The summed E-state index contributed by atoms with van der Waals surface area (Å²) < 4.78 is 0. The highest BCUT2D eigenvalue weighted by molar-refractivity contribution is 8.18. The molecule has 1 aromatic heterocycles. The summed E-state index contributed by atoms with van der Waals surface area (Å²) in [5.74, 6) is -0.120. The summed E-state index contributed by atoms with van der Waals surface area (Å²) in [6.07, 6.45) is 3.55. The molecule has 0 atom stereocenters. The van der Waals surface area contributed by atoms with Crippen LogP contribution in [0.2, 0.25) is 0 Å². The first kappa shape index (κ1) is 13.1. The van der Waals surface area contributed by atoms with Gasteiger partial charge < -0.3 is 5.32 Å². The van der Waals surface area contributed by atoms with Gasteiger partial charge in [0.1, 0.15) is 0 Å². The zero-order chi connectivity index (χ0) is 13.9. The molecular weight excluding hydrogens is 290 g/mol. The molecule has 1 N–H and O–H groups in total. The van der Waals surface area contributed by atoms with Crippen molar-refractivity contribution in [1.29, 1.82) is 0 Å². The minimum atomic E-state index is -0.120. The molecule has 0 saturated carbocycles. The number of aliphatic imine (C=N–C) groups is 1. The van der Waals surface area contributed by atoms with E-state index in [1.165, 1.54) is 28.7 Å². The Bertz CT molecular complexity index is 688. The predicted octanol–water partition coefficient (Wildman–Crippen LogP) is 3.34. The minimum Gasteiger partial charge on any atom is -0.300 e. The normalized spacial score (nSPS) is 18.8. The summed E-state index contributed by atoms with van der Waals surface area (Å²) in [5.41, 5.74) is 2.20. The molecule has 1 aromatic carbocycles. The summed E-state index contributed by atoms with van der Waals surface area (Å²) in [6, 6.07) is 8.03. The second kappa shape index (κ2) is 5.60. The highest BCUT2D eigenvalue weighted by Crippen LogP contribution is 2.28. The maximum Gasteiger partial charge on any atom is 0.264 e. The Kier molecular flexibility index (Phi) is 3.66. The van der Waals surface area contributed by atoms with Crippen LogP contribution >= 0.6 is 23.1 Å². The van der Waals surface area contributed by atoms with Crippen molar-refractivity contribution in [2.45, 2.75) is 6.92 Å². The molecular formula is C14H11N3OS2. The lowest BCUT2D eigenvalue weighted by Gasteiger charge is -1.95. The standard InChI is InChI=1S/C14H11N3OS2/c1-9-2-4-10(5-3-9)8-11-12(18)16-14(20-11)17-13-15-6-7-19-13/h2-8H,1H3,(H,15,16,17,18)/b11-8-. The Morgan fingerprint density at radius 2 is 2.10 bits per heavy atom. The molecule has 0 unspecified atom stereocenters. The first-order valence-corrected chi connectivity index (χ1v) is 7.66. The van der Waals surface area contributed by atoms with E-state index in [2.05, 4.69) is 15.3 Å². The molecule has 1 saturated heterocycles. The van der Waals surface area contributed by atoms with Crippen LogP contribution in [-0.2, 0) is 4.79 Å². The number of amidine groups is 1. The molecule has 1 aliphatic rings. The summed E-state index contributed by atoms with van der Waals surface area (Å²) in [5, 5.41) is 5.81. The van der Waals surface area contributed by atoms with E-state index in [1.54, 1.807) is 6.20 Å². The average Bonchev–Trinajstić information content (AvgIpc) is 3.04. The highest BCUT2D eigenvalue weighted by atomic mass is 32.2. The van der Waals surface area contributed by atoms with Crippen molar-refractivity contribution in [2.24, 2.45) is 4.99 Å². The number of thioether (sulfide) groups is 1. The number of nitrogens with one attached hydrogen (secondary N) is 1. The van der Waals surface area contributed by atoms with E-state index in [0.29, 0.717) is 15.2 Å². The minimum absolute atomic E-state index is 0.120. The van der Waals surface area contributed by atoms with Crippen LogP contribution in [0.15, 0.2) is 45.7 Å². The third kappa shape index (κ3) is 2.97. The van der Waals surface area contributed by atoms with Gasteiger partial charge in [0.05, 0.1) is 4.91 Å². The summed E-state index contributed by atoms with van der Waals surface area (Å²) in [6.45, 7) is 2.03. The topological polar surface area (TPSA) is 54.4 Å². The summed E-state index contributed by atoms with van der Waals surface area (Å²) in [4.78, 5) is 20.9. The van der Waals surface area contributed by atoms with Gasteiger partial charge in [0.25, 0.3) is 5.91 Å². The van der Waals surface area contributed by atoms with Gasteiger partial charge in [-0.3, -0.25) is 4.79 Å². The molecule has 4 nitrogen and oxygen atoms in total. The fourth-order valence-corrected chi connectivity index (χ4v) is 3.04. The van der Waals surface area contributed by atoms with Gasteiger partial charge in [0.15, 0.2) is 5.17 Å². The Balaban J connectivity index is 1.82. The Morgan fingerprint density at radius 3 is 2.80 bits per heavy atom.